The van der Waals surface area contributed by atoms with Crippen molar-refractivity contribution in [3.8, 4) is 16.9 Å². The van der Waals surface area contributed by atoms with E-state index in [1.807, 2.05) is 18.2 Å². The number of hydrogen-bond acceptors (Lipinski definition) is 4. The zero-order chi connectivity index (χ0) is 16.6. The van der Waals surface area contributed by atoms with E-state index in [0.717, 1.165) is 45.0 Å². The van der Waals surface area contributed by atoms with Gasteiger partial charge in [0, 0.05) is 39.3 Å². The molecule has 1 heterocycles. The van der Waals surface area contributed by atoms with Crippen LogP contribution in [-0.4, -0.2) is 67.4 Å². The molecule has 1 saturated heterocycles. The molecule has 4 heteroatoms. The van der Waals surface area contributed by atoms with Crippen LogP contribution in [-0.2, 0) is 0 Å². The molecule has 0 aromatic heterocycles. The van der Waals surface area contributed by atoms with Gasteiger partial charge in [-0.1, -0.05) is 42.5 Å². The predicted octanol–water partition coefficient (Wildman–Crippen LogP) is 2.34. The summed E-state index contributed by atoms with van der Waals surface area (Å²) < 4.78 is 5.95. The van der Waals surface area contributed by atoms with Crippen LogP contribution >= 0.6 is 0 Å². The SMILES string of the molecule is OCCN1CCN(CCOc2cccc(-c3ccccc3)c2)CC1. The number of hydrogen-bond donors (Lipinski definition) is 1. The number of rotatable bonds is 7. The molecular weight excluding hydrogens is 300 g/mol. The van der Waals surface area contributed by atoms with E-state index in [2.05, 4.69) is 46.2 Å². The number of aliphatic hydroxyl groups is 1. The molecule has 0 aliphatic carbocycles. The Labute approximate surface area is 144 Å². The van der Waals surface area contributed by atoms with Gasteiger partial charge in [-0.2, -0.15) is 0 Å². The molecule has 1 aliphatic heterocycles. The van der Waals surface area contributed by atoms with E-state index < -0.39 is 0 Å². The number of nitrogens with zero attached hydrogens (tertiary/aromatic N) is 2. The first-order chi connectivity index (χ1) is 11.8. The average Bonchev–Trinajstić information content (AvgIpc) is 2.64. The van der Waals surface area contributed by atoms with Crippen molar-refractivity contribution < 1.29 is 9.84 Å². The largest absolute Gasteiger partial charge is 0.492 e. The highest BCUT2D eigenvalue weighted by Gasteiger charge is 2.15. The number of benzene rings is 2. The van der Waals surface area contributed by atoms with E-state index in [9.17, 15) is 0 Å². The molecule has 128 valence electrons. The number of β-amino-alcohol motifs (C(OH)–C–C–N with tert-alkyl or cyclic N) is 1. The third kappa shape index (κ3) is 4.81. The lowest BCUT2D eigenvalue weighted by molar-refractivity contribution is 0.102. The van der Waals surface area contributed by atoms with Crippen LogP contribution in [0.3, 0.4) is 0 Å². The Kier molecular flexibility index (Phi) is 6.24. The molecule has 0 amide bonds. The second-order valence-electron chi connectivity index (χ2n) is 6.15. The fourth-order valence-corrected chi connectivity index (χ4v) is 3.07. The molecule has 0 bridgehead atoms. The molecule has 1 fully saturated rings. The highest BCUT2D eigenvalue weighted by Crippen LogP contribution is 2.23. The van der Waals surface area contributed by atoms with Crippen LogP contribution in [0, 0.1) is 0 Å². The summed E-state index contributed by atoms with van der Waals surface area (Å²) in [4.78, 5) is 4.73. The van der Waals surface area contributed by atoms with Crippen molar-refractivity contribution in [2.24, 2.45) is 0 Å². The molecule has 0 unspecified atom stereocenters. The molecule has 24 heavy (non-hydrogen) atoms. The van der Waals surface area contributed by atoms with Gasteiger partial charge in [0.1, 0.15) is 12.4 Å². The maximum atomic E-state index is 8.98. The summed E-state index contributed by atoms with van der Waals surface area (Å²) in [6.45, 7) is 6.85. The van der Waals surface area contributed by atoms with Crippen LogP contribution < -0.4 is 4.74 Å². The summed E-state index contributed by atoms with van der Waals surface area (Å²) in [5, 5.41) is 8.98. The lowest BCUT2D eigenvalue weighted by Gasteiger charge is -2.34. The first kappa shape index (κ1) is 17.0. The van der Waals surface area contributed by atoms with E-state index >= 15 is 0 Å². The van der Waals surface area contributed by atoms with Gasteiger partial charge in [0.2, 0.25) is 0 Å². The minimum absolute atomic E-state index is 0.251. The molecule has 1 aliphatic rings. The third-order valence-electron chi connectivity index (χ3n) is 4.50. The molecule has 0 atom stereocenters. The fourth-order valence-electron chi connectivity index (χ4n) is 3.07. The first-order valence-electron chi connectivity index (χ1n) is 8.69. The van der Waals surface area contributed by atoms with Crippen molar-refractivity contribution in [2.45, 2.75) is 0 Å². The maximum absolute atomic E-state index is 8.98. The summed E-state index contributed by atoms with van der Waals surface area (Å²) >= 11 is 0. The Bertz CT molecular complexity index is 610. The molecule has 3 rings (SSSR count). The van der Waals surface area contributed by atoms with Gasteiger partial charge in [0.05, 0.1) is 6.61 Å². The zero-order valence-corrected chi connectivity index (χ0v) is 14.1. The molecule has 4 nitrogen and oxygen atoms in total. The van der Waals surface area contributed by atoms with Crippen LogP contribution in [0.4, 0.5) is 0 Å². The fraction of sp³-hybridized carbons (Fsp3) is 0.400. The quantitative estimate of drug-likeness (QED) is 0.847. The van der Waals surface area contributed by atoms with Crippen LogP contribution in [0.15, 0.2) is 54.6 Å². The van der Waals surface area contributed by atoms with E-state index in [1.165, 1.54) is 11.1 Å². The minimum atomic E-state index is 0.251. The summed E-state index contributed by atoms with van der Waals surface area (Å²) in [6, 6.07) is 18.7. The standard InChI is InChI=1S/C20H26N2O2/c23-15-13-21-9-11-22(12-10-21)14-16-24-20-8-4-7-19(17-20)18-5-2-1-3-6-18/h1-8,17,23H,9-16H2. The second kappa shape index (κ2) is 8.83. The van der Waals surface area contributed by atoms with Crippen molar-refractivity contribution in [1.82, 2.24) is 9.80 Å². The minimum Gasteiger partial charge on any atom is -0.492 e. The summed E-state index contributed by atoms with van der Waals surface area (Å²) in [5.41, 5.74) is 2.40. The Hall–Kier alpha value is -1.88. The van der Waals surface area contributed by atoms with Gasteiger partial charge in [-0.05, 0) is 23.3 Å². The van der Waals surface area contributed by atoms with Crippen LogP contribution in [0.25, 0.3) is 11.1 Å². The van der Waals surface area contributed by atoms with Crippen molar-refractivity contribution in [2.75, 3.05) is 52.5 Å². The molecule has 2 aromatic rings. The van der Waals surface area contributed by atoms with Crippen LogP contribution in [0.1, 0.15) is 0 Å². The Morgan fingerprint density at radius 1 is 0.792 bits per heavy atom. The highest BCUT2D eigenvalue weighted by molar-refractivity contribution is 5.64. The normalized spacial score (nSPS) is 16.2. The third-order valence-corrected chi connectivity index (χ3v) is 4.50. The lowest BCUT2D eigenvalue weighted by atomic mass is 10.1. The predicted molar refractivity (Wildman–Crippen MR) is 97.3 cm³/mol. The van der Waals surface area contributed by atoms with Crippen molar-refractivity contribution in [1.29, 1.82) is 0 Å². The molecule has 2 aromatic carbocycles. The average molecular weight is 326 g/mol. The van der Waals surface area contributed by atoms with Gasteiger partial charge < -0.3 is 9.84 Å². The number of ether oxygens (including phenoxy) is 1. The van der Waals surface area contributed by atoms with Crippen molar-refractivity contribution in [3.05, 3.63) is 54.6 Å². The molecular formula is C20H26N2O2. The first-order valence-corrected chi connectivity index (χ1v) is 8.69. The maximum Gasteiger partial charge on any atom is 0.119 e. The Morgan fingerprint density at radius 3 is 2.17 bits per heavy atom. The topological polar surface area (TPSA) is 35.9 Å². The van der Waals surface area contributed by atoms with Gasteiger partial charge in [-0.25, -0.2) is 0 Å². The summed E-state index contributed by atoms with van der Waals surface area (Å²) in [5.74, 6) is 0.926. The molecule has 0 radical (unpaired) electrons. The Morgan fingerprint density at radius 2 is 1.46 bits per heavy atom. The monoisotopic (exact) mass is 326 g/mol. The van der Waals surface area contributed by atoms with Gasteiger partial charge in [-0.3, -0.25) is 9.80 Å². The van der Waals surface area contributed by atoms with Gasteiger partial charge in [-0.15, -0.1) is 0 Å². The van der Waals surface area contributed by atoms with Gasteiger partial charge in [0.15, 0.2) is 0 Å². The van der Waals surface area contributed by atoms with E-state index in [0.29, 0.717) is 6.61 Å². The highest BCUT2D eigenvalue weighted by atomic mass is 16.5. The van der Waals surface area contributed by atoms with Gasteiger partial charge >= 0.3 is 0 Å². The number of piperazine rings is 1. The second-order valence-corrected chi connectivity index (χ2v) is 6.15. The van der Waals surface area contributed by atoms with Crippen LogP contribution in [0.2, 0.25) is 0 Å². The zero-order valence-electron chi connectivity index (χ0n) is 14.1. The van der Waals surface area contributed by atoms with E-state index in [-0.39, 0.29) is 6.61 Å². The van der Waals surface area contributed by atoms with E-state index in [1.54, 1.807) is 0 Å². The van der Waals surface area contributed by atoms with Crippen molar-refractivity contribution in [3.63, 3.8) is 0 Å². The summed E-state index contributed by atoms with van der Waals surface area (Å²) in [7, 11) is 0. The molecule has 1 N–H and O–H groups in total. The van der Waals surface area contributed by atoms with Crippen molar-refractivity contribution >= 4 is 0 Å². The smallest absolute Gasteiger partial charge is 0.119 e. The van der Waals surface area contributed by atoms with E-state index in [4.69, 9.17) is 9.84 Å². The lowest BCUT2D eigenvalue weighted by Crippen LogP contribution is -2.48. The Balaban J connectivity index is 1.46. The molecule has 0 spiro atoms. The number of aliphatic hydroxyl groups excluding tert-OH is 1. The van der Waals surface area contributed by atoms with Gasteiger partial charge in [0.25, 0.3) is 0 Å². The summed E-state index contributed by atoms with van der Waals surface area (Å²) in [6.07, 6.45) is 0. The van der Waals surface area contributed by atoms with Crippen LogP contribution in [0.5, 0.6) is 5.75 Å². The molecule has 0 saturated carbocycles.